The van der Waals surface area contributed by atoms with Gasteiger partial charge in [-0.15, -0.1) is 10.2 Å². The van der Waals surface area contributed by atoms with Crippen LogP contribution >= 0.6 is 11.8 Å². The molecule has 0 saturated heterocycles. The number of pyridine rings is 1. The summed E-state index contributed by atoms with van der Waals surface area (Å²) in [5.74, 6) is -1.46. The summed E-state index contributed by atoms with van der Waals surface area (Å²) in [4.78, 5) is 17.5. The lowest BCUT2D eigenvalue weighted by molar-refractivity contribution is -0.115. The van der Waals surface area contributed by atoms with Gasteiger partial charge in [-0.3, -0.25) is 9.78 Å². The lowest BCUT2D eigenvalue weighted by Gasteiger charge is -2.22. The van der Waals surface area contributed by atoms with Gasteiger partial charge < -0.3 is 9.30 Å². The van der Waals surface area contributed by atoms with Crippen molar-refractivity contribution in [1.29, 1.82) is 0 Å². The number of amides is 1. The van der Waals surface area contributed by atoms with E-state index in [1.807, 2.05) is 30.3 Å². The second-order valence-electron chi connectivity index (χ2n) is 7.86. The maximum absolute atomic E-state index is 14.3. The van der Waals surface area contributed by atoms with Crippen LogP contribution in [-0.2, 0) is 21.9 Å². The minimum Gasteiger partial charge on any atom is -0.494 e. The summed E-state index contributed by atoms with van der Waals surface area (Å²) in [5.41, 5.74) is 1.59. The van der Waals surface area contributed by atoms with E-state index in [0.29, 0.717) is 21.7 Å². The molecule has 2 heterocycles. The minimum atomic E-state index is -4.02. The summed E-state index contributed by atoms with van der Waals surface area (Å²) in [6, 6.07) is 13.1. The van der Waals surface area contributed by atoms with Gasteiger partial charge in [0.05, 0.1) is 29.8 Å². The average molecular weight is 530 g/mol. The Morgan fingerprint density at radius 2 is 1.97 bits per heavy atom. The number of thioether (sulfide) groups is 1. The van der Waals surface area contributed by atoms with Gasteiger partial charge in [-0.25, -0.2) is 17.1 Å². The van der Waals surface area contributed by atoms with Crippen molar-refractivity contribution in [2.45, 2.75) is 18.5 Å². The van der Waals surface area contributed by atoms with E-state index in [2.05, 4.69) is 15.2 Å². The van der Waals surface area contributed by atoms with Gasteiger partial charge >= 0.3 is 0 Å². The third-order valence-corrected chi connectivity index (χ3v) is 8.26. The third kappa shape index (κ3) is 5.19. The van der Waals surface area contributed by atoms with Crippen LogP contribution in [0.15, 0.2) is 59.9 Å². The van der Waals surface area contributed by atoms with Crippen LogP contribution in [0.1, 0.15) is 13.3 Å². The van der Waals surface area contributed by atoms with Crippen LogP contribution < -0.4 is 9.04 Å². The number of carbonyl (C=O) groups is 1. The Morgan fingerprint density at radius 1 is 1.17 bits per heavy atom. The molecule has 0 aliphatic carbocycles. The SMILES string of the molecule is CCCS(=O)(=O)N(C(=O)CSc1nnc(-c2ccc3ncccc3c2)n1C)c1ccc(OC)c(F)c1. The highest BCUT2D eigenvalue weighted by Gasteiger charge is 2.30. The minimum absolute atomic E-state index is 0.0514. The fourth-order valence-corrected chi connectivity index (χ4v) is 6.03. The van der Waals surface area contributed by atoms with Crippen molar-refractivity contribution >= 4 is 44.3 Å². The quantitative estimate of drug-likeness (QED) is 0.299. The van der Waals surface area contributed by atoms with E-state index in [0.717, 1.165) is 34.3 Å². The zero-order chi connectivity index (χ0) is 25.9. The molecule has 0 aliphatic rings. The summed E-state index contributed by atoms with van der Waals surface area (Å²) in [6.45, 7) is 1.69. The molecule has 12 heteroatoms. The molecule has 1 amide bonds. The topological polar surface area (TPSA) is 107 Å². The molecule has 2 aromatic heterocycles. The fraction of sp³-hybridized carbons (Fsp3) is 0.250. The van der Waals surface area contributed by atoms with E-state index in [1.165, 1.54) is 19.2 Å². The molecule has 0 saturated carbocycles. The van der Waals surface area contributed by atoms with Crippen molar-refractivity contribution in [2.24, 2.45) is 7.05 Å². The summed E-state index contributed by atoms with van der Waals surface area (Å²) >= 11 is 1.05. The van der Waals surface area contributed by atoms with Crippen molar-refractivity contribution in [1.82, 2.24) is 19.7 Å². The number of nitrogens with zero attached hydrogens (tertiary/aromatic N) is 5. The van der Waals surface area contributed by atoms with Gasteiger partial charge in [0.2, 0.25) is 10.0 Å². The first-order chi connectivity index (χ1) is 17.2. The third-order valence-electron chi connectivity index (χ3n) is 5.36. The lowest BCUT2D eigenvalue weighted by Crippen LogP contribution is -2.39. The monoisotopic (exact) mass is 529 g/mol. The molecule has 188 valence electrons. The fourth-order valence-electron chi connectivity index (χ4n) is 3.68. The Hall–Kier alpha value is -3.51. The number of hydrogen-bond donors (Lipinski definition) is 0. The van der Waals surface area contributed by atoms with Crippen LogP contribution in [0.25, 0.3) is 22.3 Å². The number of anilines is 1. The Morgan fingerprint density at radius 3 is 2.69 bits per heavy atom. The highest BCUT2D eigenvalue weighted by Crippen LogP contribution is 2.29. The Bertz CT molecular complexity index is 1520. The number of ether oxygens (including phenoxy) is 1. The highest BCUT2D eigenvalue weighted by atomic mass is 32.2. The number of rotatable bonds is 9. The highest BCUT2D eigenvalue weighted by molar-refractivity contribution is 8.00. The van der Waals surface area contributed by atoms with Crippen LogP contribution in [0, 0.1) is 5.82 Å². The van der Waals surface area contributed by atoms with Crippen molar-refractivity contribution in [3.63, 3.8) is 0 Å². The molecule has 0 atom stereocenters. The normalized spacial score (nSPS) is 11.6. The summed E-state index contributed by atoms with van der Waals surface area (Å²) in [7, 11) is -0.955. The van der Waals surface area contributed by atoms with Gasteiger partial charge in [-0.1, -0.05) is 24.8 Å². The van der Waals surface area contributed by atoms with Crippen LogP contribution in [0.4, 0.5) is 10.1 Å². The summed E-state index contributed by atoms with van der Waals surface area (Å²) in [6.07, 6.45) is 2.02. The van der Waals surface area contributed by atoms with E-state index in [4.69, 9.17) is 4.74 Å². The van der Waals surface area contributed by atoms with Gasteiger partial charge in [0.25, 0.3) is 5.91 Å². The molecule has 0 aliphatic heterocycles. The van der Waals surface area contributed by atoms with Crippen molar-refractivity contribution < 1.29 is 22.3 Å². The van der Waals surface area contributed by atoms with Crippen molar-refractivity contribution in [3.05, 3.63) is 60.5 Å². The number of carbonyl (C=O) groups excluding carboxylic acids is 1. The van der Waals surface area contributed by atoms with E-state index < -0.39 is 21.7 Å². The van der Waals surface area contributed by atoms with Crippen LogP contribution in [0.2, 0.25) is 0 Å². The zero-order valence-electron chi connectivity index (χ0n) is 19.9. The molecule has 4 rings (SSSR count). The molecule has 0 fully saturated rings. The van der Waals surface area contributed by atoms with E-state index >= 15 is 0 Å². The molecule has 2 aromatic carbocycles. The number of aromatic nitrogens is 4. The number of hydrogen-bond acceptors (Lipinski definition) is 8. The number of benzene rings is 2. The molecular weight excluding hydrogens is 505 g/mol. The molecular formula is C24H24FN5O4S2. The van der Waals surface area contributed by atoms with Gasteiger partial charge in [-0.2, -0.15) is 0 Å². The van der Waals surface area contributed by atoms with Crippen LogP contribution in [0.5, 0.6) is 5.75 Å². The van der Waals surface area contributed by atoms with Gasteiger partial charge in [0, 0.05) is 30.3 Å². The smallest absolute Gasteiger partial charge is 0.251 e. The maximum Gasteiger partial charge on any atom is 0.251 e. The number of halogens is 1. The molecule has 0 spiro atoms. The largest absolute Gasteiger partial charge is 0.494 e. The van der Waals surface area contributed by atoms with Crippen molar-refractivity contribution in [2.75, 3.05) is 22.9 Å². The number of sulfonamides is 1. The van der Waals surface area contributed by atoms with Gasteiger partial charge in [-0.05, 0) is 42.8 Å². The maximum atomic E-state index is 14.3. The number of fused-ring (bicyclic) bond motifs is 1. The first-order valence-electron chi connectivity index (χ1n) is 11.0. The van der Waals surface area contributed by atoms with Gasteiger partial charge in [0.1, 0.15) is 0 Å². The van der Waals surface area contributed by atoms with Crippen LogP contribution in [-0.4, -0.2) is 52.7 Å². The standard InChI is InChI=1S/C24H24FN5O4S2/c1-4-12-36(32,33)30(18-8-10-21(34-3)19(25)14-18)22(31)15-35-24-28-27-23(29(24)2)17-7-9-20-16(13-17)6-5-11-26-20/h5-11,13-14H,4,12,15H2,1-3H3. The Labute approximate surface area is 212 Å². The molecule has 0 N–H and O–H groups in total. The van der Waals surface area contributed by atoms with E-state index in [-0.39, 0.29) is 22.9 Å². The Balaban J connectivity index is 1.58. The zero-order valence-corrected chi connectivity index (χ0v) is 21.5. The molecule has 4 aromatic rings. The molecule has 9 nitrogen and oxygen atoms in total. The average Bonchev–Trinajstić information content (AvgIpc) is 3.22. The number of methoxy groups -OCH3 is 1. The lowest BCUT2D eigenvalue weighted by atomic mass is 10.1. The summed E-state index contributed by atoms with van der Waals surface area (Å²) < 4.78 is 47.4. The van der Waals surface area contributed by atoms with E-state index in [1.54, 1.807) is 24.7 Å². The predicted molar refractivity (Wildman–Crippen MR) is 137 cm³/mol. The van der Waals surface area contributed by atoms with Gasteiger partial charge in [0.15, 0.2) is 22.5 Å². The first-order valence-corrected chi connectivity index (χ1v) is 13.6. The molecule has 36 heavy (non-hydrogen) atoms. The molecule has 0 unspecified atom stereocenters. The molecule has 0 bridgehead atoms. The van der Waals surface area contributed by atoms with Crippen LogP contribution in [0.3, 0.4) is 0 Å². The predicted octanol–water partition coefficient (Wildman–Crippen LogP) is 4.04. The molecule has 0 radical (unpaired) electrons. The first kappa shape index (κ1) is 25.6. The second-order valence-corrected chi connectivity index (χ2v) is 10.7. The van der Waals surface area contributed by atoms with E-state index in [9.17, 15) is 17.6 Å². The Kier molecular flexibility index (Phi) is 7.55. The summed E-state index contributed by atoms with van der Waals surface area (Å²) in [5, 5.41) is 9.80. The second kappa shape index (κ2) is 10.6. The van der Waals surface area contributed by atoms with Crippen molar-refractivity contribution in [3.8, 4) is 17.1 Å².